The fourth-order valence-corrected chi connectivity index (χ4v) is 2.79. The highest BCUT2D eigenvalue weighted by atomic mass is 35.5. The molecule has 1 heterocycles. The Morgan fingerprint density at radius 1 is 1.44 bits per heavy atom. The molecule has 0 amide bonds. The number of nitrogens with zero attached hydrogens (tertiary/aromatic N) is 2. The van der Waals surface area contributed by atoms with Crippen molar-refractivity contribution in [2.45, 2.75) is 58.2 Å². The van der Waals surface area contributed by atoms with Gasteiger partial charge in [-0.15, -0.1) is 0 Å². The average molecular weight is 272 g/mol. The van der Waals surface area contributed by atoms with Crippen LogP contribution >= 0.6 is 11.6 Å². The zero-order valence-electron chi connectivity index (χ0n) is 11.2. The maximum Gasteiger partial charge on any atom is 0.0863 e. The van der Waals surface area contributed by atoms with Crippen molar-refractivity contribution in [3.8, 4) is 0 Å². The van der Waals surface area contributed by atoms with E-state index in [9.17, 15) is 5.11 Å². The van der Waals surface area contributed by atoms with Crippen molar-refractivity contribution < 1.29 is 5.11 Å². The van der Waals surface area contributed by atoms with Gasteiger partial charge < -0.3 is 10.4 Å². The smallest absolute Gasteiger partial charge is 0.0863 e. The van der Waals surface area contributed by atoms with Gasteiger partial charge in [-0.3, -0.25) is 4.68 Å². The fourth-order valence-electron chi connectivity index (χ4n) is 2.45. The molecule has 0 saturated heterocycles. The van der Waals surface area contributed by atoms with Gasteiger partial charge >= 0.3 is 0 Å². The SMILES string of the molecule is CCc1nn(CC)c(CNC2(CO)CCC2)c1Cl. The van der Waals surface area contributed by atoms with Crippen LogP contribution in [0.1, 0.15) is 44.5 Å². The highest BCUT2D eigenvalue weighted by Crippen LogP contribution is 2.32. The van der Waals surface area contributed by atoms with Crippen LogP contribution in [0.2, 0.25) is 5.02 Å². The number of aliphatic hydroxyl groups excluding tert-OH is 1. The van der Waals surface area contributed by atoms with Gasteiger partial charge in [0, 0.05) is 18.6 Å². The summed E-state index contributed by atoms with van der Waals surface area (Å²) in [4.78, 5) is 0. The van der Waals surface area contributed by atoms with E-state index < -0.39 is 0 Å². The molecule has 18 heavy (non-hydrogen) atoms. The second-order valence-electron chi connectivity index (χ2n) is 5.02. The summed E-state index contributed by atoms with van der Waals surface area (Å²) in [7, 11) is 0. The lowest BCUT2D eigenvalue weighted by Gasteiger charge is -2.41. The van der Waals surface area contributed by atoms with E-state index in [0.717, 1.165) is 42.2 Å². The first-order chi connectivity index (χ1) is 8.65. The minimum Gasteiger partial charge on any atom is -0.394 e. The lowest BCUT2D eigenvalue weighted by atomic mass is 9.77. The van der Waals surface area contributed by atoms with Crippen LogP contribution in [-0.4, -0.2) is 27.0 Å². The first-order valence-corrected chi connectivity index (χ1v) is 7.13. The van der Waals surface area contributed by atoms with Crippen LogP contribution < -0.4 is 5.32 Å². The molecule has 0 atom stereocenters. The van der Waals surface area contributed by atoms with Gasteiger partial charge in [0.05, 0.1) is 23.0 Å². The van der Waals surface area contributed by atoms with E-state index in [1.54, 1.807) is 0 Å². The molecule has 1 aliphatic rings. The second-order valence-corrected chi connectivity index (χ2v) is 5.40. The van der Waals surface area contributed by atoms with Crippen molar-refractivity contribution >= 4 is 11.6 Å². The Morgan fingerprint density at radius 2 is 2.17 bits per heavy atom. The molecule has 0 aromatic carbocycles. The number of hydrogen-bond acceptors (Lipinski definition) is 3. The highest BCUT2D eigenvalue weighted by molar-refractivity contribution is 6.31. The molecule has 2 rings (SSSR count). The van der Waals surface area contributed by atoms with Crippen LogP contribution in [0.25, 0.3) is 0 Å². The van der Waals surface area contributed by atoms with Gasteiger partial charge in [0.2, 0.25) is 0 Å². The van der Waals surface area contributed by atoms with Gasteiger partial charge in [-0.05, 0) is 32.6 Å². The van der Waals surface area contributed by atoms with Crippen LogP contribution in [0.3, 0.4) is 0 Å². The van der Waals surface area contributed by atoms with Gasteiger partial charge in [-0.1, -0.05) is 18.5 Å². The summed E-state index contributed by atoms with van der Waals surface area (Å²) < 4.78 is 1.96. The lowest BCUT2D eigenvalue weighted by molar-refractivity contribution is 0.0864. The molecule has 1 aliphatic carbocycles. The third-order valence-corrected chi connectivity index (χ3v) is 4.37. The van der Waals surface area contributed by atoms with Crippen LogP contribution in [-0.2, 0) is 19.5 Å². The Hall–Kier alpha value is -0.580. The minimum atomic E-state index is -0.0848. The van der Waals surface area contributed by atoms with Crippen LogP contribution in [0.4, 0.5) is 0 Å². The van der Waals surface area contributed by atoms with E-state index in [1.165, 1.54) is 6.42 Å². The number of aliphatic hydroxyl groups is 1. The molecule has 0 radical (unpaired) electrons. The monoisotopic (exact) mass is 271 g/mol. The first-order valence-electron chi connectivity index (χ1n) is 6.75. The van der Waals surface area contributed by atoms with Crippen molar-refractivity contribution in [3.63, 3.8) is 0 Å². The van der Waals surface area contributed by atoms with Crippen LogP contribution in [0, 0.1) is 0 Å². The number of nitrogens with one attached hydrogen (secondary N) is 1. The Kier molecular flexibility index (Phi) is 4.30. The van der Waals surface area contributed by atoms with Gasteiger partial charge in [0.25, 0.3) is 0 Å². The maximum atomic E-state index is 9.44. The predicted octanol–water partition coefficient (Wildman–Crippen LogP) is 2.12. The molecule has 1 aromatic rings. The summed E-state index contributed by atoms with van der Waals surface area (Å²) in [6.45, 7) is 5.83. The third kappa shape index (κ3) is 2.42. The summed E-state index contributed by atoms with van der Waals surface area (Å²) in [5, 5.41) is 18.2. The summed E-state index contributed by atoms with van der Waals surface area (Å²) in [6, 6.07) is 0. The van der Waals surface area contributed by atoms with Gasteiger partial charge in [0.15, 0.2) is 0 Å². The molecule has 0 bridgehead atoms. The highest BCUT2D eigenvalue weighted by Gasteiger charge is 2.36. The second kappa shape index (κ2) is 5.59. The number of halogens is 1. The Bertz CT molecular complexity index is 407. The molecule has 0 aliphatic heterocycles. The number of hydrogen-bond donors (Lipinski definition) is 2. The molecule has 0 unspecified atom stereocenters. The Morgan fingerprint density at radius 3 is 2.61 bits per heavy atom. The zero-order chi connectivity index (χ0) is 13.2. The van der Waals surface area contributed by atoms with Crippen molar-refractivity contribution in [2.75, 3.05) is 6.61 Å². The third-order valence-electron chi connectivity index (χ3n) is 3.94. The summed E-state index contributed by atoms with van der Waals surface area (Å²) in [6.07, 6.45) is 4.13. The zero-order valence-corrected chi connectivity index (χ0v) is 11.9. The van der Waals surface area contributed by atoms with E-state index in [1.807, 2.05) is 4.68 Å². The van der Waals surface area contributed by atoms with E-state index >= 15 is 0 Å². The van der Waals surface area contributed by atoms with Crippen molar-refractivity contribution in [3.05, 3.63) is 16.4 Å². The molecule has 4 nitrogen and oxygen atoms in total. The summed E-state index contributed by atoms with van der Waals surface area (Å²) in [5.74, 6) is 0. The molecule has 102 valence electrons. The topological polar surface area (TPSA) is 50.1 Å². The molecule has 5 heteroatoms. The van der Waals surface area contributed by atoms with E-state index in [4.69, 9.17) is 11.6 Å². The van der Waals surface area contributed by atoms with Gasteiger partial charge in [-0.25, -0.2) is 0 Å². The van der Waals surface area contributed by atoms with Crippen LogP contribution in [0.5, 0.6) is 0 Å². The largest absolute Gasteiger partial charge is 0.394 e. The van der Waals surface area contributed by atoms with Crippen LogP contribution in [0.15, 0.2) is 0 Å². The average Bonchev–Trinajstić information content (AvgIpc) is 2.65. The minimum absolute atomic E-state index is 0.0848. The fraction of sp³-hybridized carbons (Fsp3) is 0.769. The molecule has 1 fully saturated rings. The molecular formula is C13H22ClN3O. The van der Waals surface area contributed by atoms with Crippen molar-refractivity contribution in [1.29, 1.82) is 0 Å². The molecular weight excluding hydrogens is 250 g/mol. The summed E-state index contributed by atoms with van der Waals surface area (Å²) in [5.41, 5.74) is 1.91. The quantitative estimate of drug-likeness (QED) is 0.833. The van der Waals surface area contributed by atoms with Gasteiger partial charge in [-0.2, -0.15) is 5.10 Å². The number of rotatable bonds is 6. The van der Waals surface area contributed by atoms with Gasteiger partial charge in [0.1, 0.15) is 0 Å². The first kappa shape index (κ1) is 13.8. The molecule has 2 N–H and O–H groups in total. The van der Waals surface area contributed by atoms with E-state index in [-0.39, 0.29) is 12.1 Å². The maximum absolute atomic E-state index is 9.44. The molecule has 1 saturated carbocycles. The lowest BCUT2D eigenvalue weighted by Crippen LogP contribution is -2.53. The normalized spacial score (nSPS) is 17.8. The van der Waals surface area contributed by atoms with E-state index in [0.29, 0.717) is 6.54 Å². The Balaban J connectivity index is 2.10. The summed E-state index contributed by atoms with van der Waals surface area (Å²) >= 11 is 6.36. The molecule has 0 spiro atoms. The number of aromatic nitrogens is 2. The Labute approximate surface area is 113 Å². The van der Waals surface area contributed by atoms with Crippen molar-refractivity contribution in [2.24, 2.45) is 0 Å². The standard InChI is InChI=1S/C13H22ClN3O/c1-3-10-12(14)11(17(4-2)16-10)8-15-13(9-18)6-5-7-13/h15,18H,3-9H2,1-2H3. The van der Waals surface area contributed by atoms with Crippen molar-refractivity contribution in [1.82, 2.24) is 15.1 Å². The van der Waals surface area contributed by atoms with E-state index in [2.05, 4.69) is 24.3 Å². The molecule has 1 aromatic heterocycles. The predicted molar refractivity (Wildman–Crippen MR) is 72.8 cm³/mol. The number of aryl methyl sites for hydroxylation is 2.